The van der Waals surface area contributed by atoms with Crippen molar-refractivity contribution in [3.63, 3.8) is 0 Å². The number of hydrogen-bond acceptors (Lipinski definition) is 3. The van der Waals surface area contributed by atoms with E-state index in [2.05, 4.69) is 41.3 Å². The molecule has 0 saturated carbocycles. The summed E-state index contributed by atoms with van der Waals surface area (Å²) in [5.74, 6) is 0.707. The van der Waals surface area contributed by atoms with Crippen molar-refractivity contribution in [2.75, 3.05) is 33.3 Å². The quantitative estimate of drug-likeness (QED) is 0.400. The number of rotatable bonds is 12. The van der Waals surface area contributed by atoms with Gasteiger partial charge < -0.3 is 20.3 Å². The van der Waals surface area contributed by atoms with E-state index >= 15 is 0 Å². The van der Waals surface area contributed by atoms with Crippen LogP contribution in [0.3, 0.4) is 0 Å². The number of nitrogens with zero attached hydrogens (tertiary/aromatic N) is 2. The molecule has 166 valence electrons. The van der Waals surface area contributed by atoms with Crippen molar-refractivity contribution in [1.82, 2.24) is 15.5 Å². The highest BCUT2D eigenvalue weighted by molar-refractivity contribution is 5.79. The van der Waals surface area contributed by atoms with E-state index in [4.69, 9.17) is 4.74 Å². The number of ether oxygens (including phenoxy) is 1. The standard InChI is InChI=1S/C21H35F3N4O/c1-5-28(6-2)12-8-9-17(3)27-20(25-4)26-14-18-10-7-11-19(13-18)15-29-16-21(22,23)24/h7,10-11,13,17H,5-6,8-9,12,14-16H2,1-4H3,(H2,25,26,27). The van der Waals surface area contributed by atoms with Crippen LogP contribution in [0.25, 0.3) is 0 Å². The van der Waals surface area contributed by atoms with Gasteiger partial charge in [0.15, 0.2) is 5.96 Å². The number of benzene rings is 1. The predicted octanol–water partition coefficient (Wildman–Crippen LogP) is 3.94. The van der Waals surface area contributed by atoms with Gasteiger partial charge >= 0.3 is 6.18 Å². The molecule has 0 fully saturated rings. The van der Waals surface area contributed by atoms with Crippen molar-refractivity contribution in [2.24, 2.45) is 4.99 Å². The second-order valence-corrected chi connectivity index (χ2v) is 7.07. The molecule has 5 nitrogen and oxygen atoms in total. The molecule has 1 atom stereocenters. The Bertz CT molecular complexity index is 604. The minimum atomic E-state index is -4.31. The Balaban J connectivity index is 2.41. The van der Waals surface area contributed by atoms with Crippen LogP contribution in [-0.4, -0.2) is 56.4 Å². The summed E-state index contributed by atoms with van der Waals surface area (Å²) in [6, 6.07) is 7.62. The van der Waals surface area contributed by atoms with Crippen LogP contribution in [0.1, 0.15) is 44.7 Å². The van der Waals surface area contributed by atoms with Crippen LogP contribution in [0.15, 0.2) is 29.3 Å². The molecule has 1 unspecified atom stereocenters. The van der Waals surface area contributed by atoms with E-state index in [0.717, 1.165) is 38.0 Å². The molecule has 2 N–H and O–H groups in total. The first-order valence-corrected chi connectivity index (χ1v) is 10.2. The van der Waals surface area contributed by atoms with Gasteiger partial charge in [-0.2, -0.15) is 13.2 Å². The molecular weight excluding hydrogens is 381 g/mol. The molecular formula is C21H35F3N4O. The van der Waals surface area contributed by atoms with Crippen LogP contribution in [0.4, 0.5) is 13.2 Å². The van der Waals surface area contributed by atoms with Crippen LogP contribution in [0.5, 0.6) is 0 Å². The fraction of sp³-hybridized carbons (Fsp3) is 0.667. The lowest BCUT2D eigenvalue weighted by Gasteiger charge is -2.21. The van der Waals surface area contributed by atoms with Gasteiger partial charge in [-0.15, -0.1) is 0 Å². The lowest BCUT2D eigenvalue weighted by Crippen LogP contribution is -2.42. The third-order valence-corrected chi connectivity index (χ3v) is 4.60. The number of hydrogen-bond donors (Lipinski definition) is 2. The van der Waals surface area contributed by atoms with Crippen LogP contribution < -0.4 is 10.6 Å². The number of guanidine groups is 1. The number of nitrogens with one attached hydrogen (secondary N) is 2. The molecule has 0 saturated heterocycles. The Labute approximate surface area is 172 Å². The molecule has 0 radical (unpaired) electrons. The van der Waals surface area contributed by atoms with Gasteiger partial charge in [-0.25, -0.2) is 0 Å². The third kappa shape index (κ3) is 11.7. The molecule has 0 spiro atoms. The van der Waals surface area contributed by atoms with Gasteiger partial charge in [-0.1, -0.05) is 38.1 Å². The van der Waals surface area contributed by atoms with Gasteiger partial charge in [0.25, 0.3) is 0 Å². The largest absolute Gasteiger partial charge is 0.411 e. The lowest BCUT2D eigenvalue weighted by atomic mass is 10.1. The van der Waals surface area contributed by atoms with Crippen LogP contribution >= 0.6 is 0 Å². The first-order valence-electron chi connectivity index (χ1n) is 10.2. The van der Waals surface area contributed by atoms with Crippen molar-refractivity contribution < 1.29 is 17.9 Å². The van der Waals surface area contributed by atoms with E-state index in [-0.39, 0.29) is 6.61 Å². The Morgan fingerprint density at radius 1 is 1.21 bits per heavy atom. The van der Waals surface area contributed by atoms with E-state index in [0.29, 0.717) is 24.1 Å². The van der Waals surface area contributed by atoms with Crippen LogP contribution in [0.2, 0.25) is 0 Å². The summed E-state index contributed by atoms with van der Waals surface area (Å²) in [7, 11) is 1.72. The minimum absolute atomic E-state index is 0.0656. The Hall–Kier alpha value is -1.80. The van der Waals surface area contributed by atoms with Crippen LogP contribution in [-0.2, 0) is 17.9 Å². The van der Waals surface area contributed by atoms with Gasteiger partial charge in [0.2, 0.25) is 0 Å². The monoisotopic (exact) mass is 416 g/mol. The van der Waals surface area contributed by atoms with Gasteiger partial charge in [-0.05, 0) is 50.5 Å². The highest BCUT2D eigenvalue weighted by atomic mass is 19.4. The van der Waals surface area contributed by atoms with Crippen LogP contribution in [0, 0.1) is 0 Å². The summed E-state index contributed by atoms with van der Waals surface area (Å²) in [5, 5.41) is 6.64. The molecule has 0 heterocycles. The van der Waals surface area contributed by atoms with Crippen molar-refractivity contribution in [3.05, 3.63) is 35.4 Å². The molecule has 0 amide bonds. The zero-order chi connectivity index (χ0) is 21.7. The Morgan fingerprint density at radius 3 is 2.52 bits per heavy atom. The zero-order valence-electron chi connectivity index (χ0n) is 18.0. The number of halogens is 3. The maximum Gasteiger partial charge on any atom is 0.411 e. The topological polar surface area (TPSA) is 48.9 Å². The molecule has 1 aromatic carbocycles. The average molecular weight is 417 g/mol. The molecule has 29 heavy (non-hydrogen) atoms. The lowest BCUT2D eigenvalue weighted by molar-refractivity contribution is -0.176. The highest BCUT2D eigenvalue weighted by Gasteiger charge is 2.27. The summed E-state index contributed by atoms with van der Waals surface area (Å²) >= 11 is 0. The summed E-state index contributed by atoms with van der Waals surface area (Å²) in [5.41, 5.74) is 1.66. The maximum atomic E-state index is 12.2. The molecule has 1 rings (SSSR count). The fourth-order valence-corrected chi connectivity index (χ4v) is 2.96. The van der Waals surface area contributed by atoms with Crippen molar-refractivity contribution in [2.45, 2.75) is 59.0 Å². The Kier molecular flexibility index (Phi) is 11.7. The molecule has 8 heteroatoms. The smallest absolute Gasteiger partial charge is 0.367 e. The fourth-order valence-electron chi connectivity index (χ4n) is 2.96. The number of alkyl halides is 3. The first kappa shape index (κ1) is 25.2. The molecule has 0 aliphatic carbocycles. The SMILES string of the molecule is CCN(CC)CCCC(C)NC(=NC)NCc1cccc(COCC(F)(F)F)c1. The highest BCUT2D eigenvalue weighted by Crippen LogP contribution is 2.16. The second-order valence-electron chi connectivity index (χ2n) is 7.07. The van der Waals surface area contributed by atoms with E-state index in [1.807, 2.05) is 18.2 Å². The zero-order valence-corrected chi connectivity index (χ0v) is 18.0. The van der Waals surface area contributed by atoms with Gasteiger partial charge in [-0.3, -0.25) is 4.99 Å². The van der Waals surface area contributed by atoms with Gasteiger partial charge in [0.1, 0.15) is 6.61 Å². The first-order chi connectivity index (χ1) is 13.8. The van der Waals surface area contributed by atoms with E-state index < -0.39 is 12.8 Å². The van der Waals surface area contributed by atoms with Gasteiger partial charge in [0.05, 0.1) is 6.61 Å². The van der Waals surface area contributed by atoms with Crippen molar-refractivity contribution in [1.29, 1.82) is 0 Å². The summed E-state index contributed by atoms with van der Waals surface area (Å²) < 4.78 is 41.3. The van der Waals surface area contributed by atoms with Crippen molar-refractivity contribution in [3.8, 4) is 0 Å². The minimum Gasteiger partial charge on any atom is -0.367 e. The third-order valence-electron chi connectivity index (χ3n) is 4.60. The maximum absolute atomic E-state index is 12.2. The molecule has 0 aliphatic heterocycles. The molecule has 1 aromatic rings. The second kappa shape index (κ2) is 13.4. The summed E-state index contributed by atoms with van der Waals surface area (Å²) in [4.78, 5) is 6.66. The molecule has 0 aromatic heterocycles. The summed E-state index contributed by atoms with van der Waals surface area (Å²) in [6.45, 7) is 8.94. The number of aliphatic imine (C=N–C) groups is 1. The normalized spacial score (nSPS) is 13.6. The summed E-state index contributed by atoms with van der Waals surface area (Å²) in [6.07, 6.45) is -2.14. The van der Waals surface area contributed by atoms with E-state index in [1.54, 1.807) is 13.1 Å². The molecule has 0 bridgehead atoms. The van der Waals surface area contributed by atoms with E-state index in [9.17, 15) is 13.2 Å². The predicted molar refractivity (Wildman–Crippen MR) is 112 cm³/mol. The van der Waals surface area contributed by atoms with E-state index in [1.165, 1.54) is 0 Å². The van der Waals surface area contributed by atoms with Gasteiger partial charge in [0, 0.05) is 19.6 Å². The average Bonchev–Trinajstić information content (AvgIpc) is 2.68. The molecule has 0 aliphatic rings. The Morgan fingerprint density at radius 2 is 1.90 bits per heavy atom. The van der Waals surface area contributed by atoms with Crippen molar-refractivity contribution >= 4 is 5.96 Å².